The van der Waals surface area contributed by atoms with Crippen molar-refractivity contribution >= 4 is 23.1 Å². The van der Waals surface area contributed by atoms with Gasteiger partial charge in [0, 0.05) is 5.69 Å². The minimum Gasteiger partial charge on any atom is -0.507 e. The van der Waals surface area contributed by atoms with E-state index in [4.69, 9.17) is 9.47 Å². The number of nitrogens with zero attached hydrogens (tertiary/aromatic N) is 1. The molecule has 1 aliphatic rings. The number of carbonyl (C=O) groups excluding carboxylic acids is 2. The standard InChI is InChI=1S/C27H25NO5/c1-4-33-20-12-8-9-18(16-20)24-23(25(29)21-15-17(2)13-14-22(21)32-3)26(30)27(31)28(24)19-10-6-5-7-11-19/h5-16,24,29H,4H2,1-3H3/b25-23+. The summed E-state index contributed by atoms with van der Waals surface area (Å²) in [6.07, 6.45) is 0. The number of aliphatic hydroxyl groups excluding tert-OH is 1. The van der Waals surface area contributed by atoms with Gasteiger partial charge in [0.25, 0.3) is 11.7 Å². The van der Waals surface area contributed by atoms with Crippen LogP contribution >= 0.6 is 0 Å². The molecular weight excluding hydrogens is 418 g/mol. The lowest BCUT2D eigenvalue weighted by Crippen LogP contribution is -2.29. The van der Waals surface area contributed by atoms with Crippen LogP contribution in [0.3, 0.4) is 0 Å². The van der Waals surface area contributed by atoms with E-state index >= 15 is 0 Å². The van der Waals surface area contributed by atoms with Gasteiger partial charge in [-0.3, -0.25) is 14.5 Å². The molecule has 0 spiro atoms. The summed E-state index contributed by atoms with van der Waals surface area (Å²) < 4.78 is 11.1. The number of carbonyl (C=O) groups is 2. The molecule has 0 saturated carbocycles. The van der Waals surface area contributed by atoms with Gasteiger partial charge >= 0.3 is 0 Å². The van der Waals surface area contributed by atoms with Gasteiger partial charge in [-0.05, 0) is 55.8 Å². The monoisotopic (exact) mass is 443 g/mol. The Morgan fingerprint density at radius 1 is 1.00 bits per heavy atom. The minimum absolute atomic E-state index is 0.00130. The molecule has 4 rings (SSSR count). The molecule has 1 fully saturated rings. The van der Waals surface area contributed by atoms with Gasteiger partial charge < -0.3 is 14.6 Å². The predicted molar refractivity (Wildman–Crippen MR) is 127 cm³/mol. The predicted octanol–water partition coefficient (Wildman–Crippen LogP) is 5.03. The molecule has 3 aromatic carbocycles. The quantitative estimate of drug-likeness (QED) is 0.329. The Hall–Kier alpha value is -4.06. The number of para-hydroxylation sites is 1. The molecule has 0 bridgehead atoms. The number of ketones is 1. The number of hydrogen-bond acceptors (Lipinski definition) is 5. The molecule has 3 aromatic rings. The van der Waals surface area contributed by atoms with Crippen LogP contribution in [-0.2, 0) is 9.59 Å². The van der Waals surface area contributed by atoms with Crippen molar-refractivity contribution in [1.29, 1.82) is 0 Å². The van der Waals surface area contributed by atoms with Crippen molar-refractivity contribution < 1.29 is 24.2 Å². The summed E-state index contributed by atoms with van der Waals surface area (Å²) in [6.45, 7) is 4.23. The van der Waals surface area contributed by atoms with Gasteiger partial charge in [0.2, 0.25) is 0 Å². The largest absolute Gasteiger partial charge is 0.507 e. The number of amides is 1. The van der Waals surface area contributed by atoms with Crippen molar-refractivity contribution in [2.75, 3.05) is 18.6 Å². The van der Waals surface area contributed by atoms with E-state index in [1.54, 1.807) is 48.5 Å². The molecule has 33 heavy (non-hydrogen) atoms. The van der Waals surface area contributed by atoms with Gasteiger partial charge in [0.1, 0.15) is 17.3 Å². The second kappa shape index (κ2) is 9.20. The fourth-order valence-electron chi connectivity index (χ4n) is 4.10. The first-order valence-electron chi connectivity index (χ1n) is 10.7. The molecule has 1 atom stereocenters. The van der Waals surface area contributed by atoms with Crippen LogP contribution in [-0.4, -0.2) is 30.5 Å². The Bertz CT molecular complexity index is 1230. The van der Waals surface area contributed by atoms with E-state index in [-0.39, 0.29) is 11.3 Å². The molecule has 1 aliphatic heterocycles. The Morgan fingerprint density at radius 2 is 1.76 bits per heavy atom. The number of hydrogen-bond donors (Lipinski definition) is 1. The maximum absolute atomic E-state index is 13.3. The van der Waals surface area contributed by atoms with Crippen LogP contribution in [0.1, 0.15) is 29.7 Å². The van der Waals surface area contributed by atoms with Crippen LogP contribution < -0.4 is 14.4 Å². The lowest BCUT2D eigenvalue weighted by molar-refractivity contribution is -0.132. The average Bonchev–Trinajstić information content (AvgIpc) is 3.10. The van der Waals surface area contributed by atoms with Crippen molar-refractivity contribution in [3.05, 3.63) is 95.1 Å². The fraction of sp³-hybridized carbons (Fsp3) is 0.185. The van der Waals surface area contributed by atoms with Crippen molar-refractivity contribution in [3.63, 3.8) is 0 Å². The van der Waals surface area contributed by atoms with Crippen molar-refractivity contribution in [2.45, 2.75) is 19.9 Å². The molecule has 0 aliphatic carbocycles. The zero-order valence-corrected chi connectivity index (χ0v) is 18.7. The van der Waals surface area contributed by atoms with Gasteiger partial charge in [-0.2, -0.15) is 0 Å². The number of aliphatic hydroxyl groups is 1. The molecule has 0 aromatic heterocycles. The summed E-state index contributed by atoms with van der Waals surface area (Å²) in [5.74, 6) is -0.723. The third-order valence-corrected chi connectivity index (χ3v) is 5.57. The van der Waals surface area contributed by atoms with Gasteiger partial charge in [-0.15, -0.1) is 0 Å². The van der Waals surface area contributed by atoms with E-state index in [9.17, 15) is 14.7 Å². The first kappa shape index (κ1) is 22.1. The first-order valence-corrected chi connectivity index (χ1v) is 10.7. The average molecular weight is 443 g/mol. The van der Waals surface area contributed by atoms with Gasteiger partial charge in [-0.25, -0.2) is 0 Å². The van der Waals surface area contributed by atoms with E-state index in [2.05, 4.69) is 0 Å². The molecular formula is C27H25NO5. The smallest absolute Gasteiger partial charge is 0.300 e. The minimum atomic E-state index is -0.835. The Balaban J connectivity index is 1.98. The van der Waals surface area contributed by atoms with E-state index in [1.807, 2.05) is 38.1 Å². The SMILES string of the molecule is CCOc1cccc(C2/C(=C(\O)c3cc(C)ccc3OC)C(=O)C(=O)N2c2ccccc2)c1. The summed E-state index contributed by atoms with van der Waals surface area (Å²) in [5.41, 5.74) is 2.44. The second-order valence-corrected chi connectivity index (χ2v) is 7.71. The molecule has 1 unspecified atom stereocenters. The van der Waals surface area contributed by atoms with Crippen molar-refractivity contribution in [1.82, 2.24) is 0 Å². The molecule has 0 radical (unpaired) electrons. The zero-order chi connectivity index (χ0) is 23.5. The number of benzene rings is 3. The summed E-state index contributed by atoms with van der Waals surface area (Å²) in [4.78, 5) is 28.0. The molecule has 1 N–H and O–H groups in total. The zero-order valence-electron chi connectivity index (χ0n) is 18.7. The summed E-state index contributed by atoms with van der Waals surface area (Å²) in [5, 5.41) is 11.4. The Kier molecular flexibility index (Phi) is 6.18. The number of ether oxygens (including phenoxy) is 2. The molecule has 1 saturated heterocycles. The lowest BCUT2D eigenvalue weighted by Gasteiger charge is -2.26. The number of anilines is 1. The highest BCUT2D eigenvalue weighted by Crippen LogP contribution is 2.43. The van der Waals surface area contributed by atoms with Gasteiger partial charge in [0.15, 0.2) is 0 Å². The van der Waals surface area contributed by atoms with E-state index in [1.165, 1.54) is 12.0 Å². The maximum Gasteiger partial charge on any atom is 0.300 e. The molecule has 1 heterocycles. The highest BCUT2D eigenvalue weighted by Gasteiger charge is 2.47. The molecule has 6 nitrogen and oxygen atoms in total. The Labute approximate surface area is 192 Å². The summed E-state index contributed by atoms with van der Waals surface area (Å²) >= 11 is 0. The fourth-order valence-corrected chi connectivity index (χ4v) is 4.10. The van der Waals surface area contributed by atoms with Crippen LogP contribution in [0, 0.1) is 6.92 Å². The maximum atomic E-state index is 13.3. The number of Topliss-reactive ketones (excluding diaryl/α,β-unsaturated/α-hetero) is 1. The lowest BCUT2D eigenvalue weighted by atomic mass is 9.94. The number of aryl methyl sites for hydroxylation is 1. The normalized spacial score (nSPS) is 17.3. The second-order valence-electron chi connectivity index (χ2n) is 7.71. The van der Waals surface area contributed by atoms with Crippen LogP contribution in [0.5, 0.6) is 11.5 Å². The highest BCUT2D eigenvalue weighted by molar-refractivity contribution is 6.51. The van der Waals surface area contributed by atoms with Gasteiger partial charge in [-0.1, -0.05) is 42.0 Å². The van der Waals surface area contributed by atoms with Gasteiger partial charge in [0.05, 0.1) is 30.9 Å². The van der Waals surface area contributed by atoms with E-state index < -0.39 is 17.7 Å². The van der Waals surface area contributed by atoms with Crippen LogP contribution in [0.2, 0.25) is 0 Å². The summed E-state index contributed by atoms with van der Waals surface area (Å²) in [6, 6.07) is 20.6. The van der Waals surface area contributed by atoms with Crippen molar-refractivity contribution in [2.24, 2.45) is 0 Å². The Morgan fingerprint density at radius 3 is 2.45 bits per heavy atom. The third-order valence-electron chi connectivity index (χ3n) is 5.57. The molecule has 168 valence electrons. The number of methoxy groups -OCH3 is 1. The van der Waals surface area contributed by atoms with E-state index in [0.29, 0.717) is 34.9 Å². The number of rotatable bonds is 6. The van der Waals surface area contributed by atoms with Crippen LogP contribution in [0.25, 0.3) is 5.76 Å². The van der Waals surface area contributed by atoms with Crippen molar-refractivity contribution in [3.8, 4) is 11.5 Å². The summed E-state index contributed by atoms with van der Waals surface area (Å²) in [7, 11) is 1.49. The van der Waals surface area contributed by atoms with Crippen LogP contribution in [0.4, 0.5) is 5.69 Å². The third kappa shape index (κ3) is 4.07. The van der Waals surface area contributed by atoms with Crippen LogP contribution in [0.15, 0.2) is 78.4 Å². The topological polar surface area (TPSA) is 76.1 Å². The highest BCUT2D eigenvalue weighted by atomic mass is 16.5. The molecule has 6 heteroatoms. The first-order chi connectivity index (χ1) is 16.0. The molecule has 1 amide bonds. The van der Waals surface area contributed by atoms with E-state index in [0.717, 1.165) is 5.56 Å².